The summed E-state index contributed by atoms with van der Waals surface area (Å²) in [6, 6.07) is 13.1. The van der Waals surface area contributed by atoms with Crippen molar-refractivity contribution in [1.29, 1.82) is 0 Å². The van der Waals surface area contributed by atoms with Crippen LogP contribution in [0.1, 0.15) is 50.2 Å². The van der Waals surface area contributed by atoms with Crippen LogP contribution in [-0.2, 0) is 12.8 Å². The van der Waals surface area contributed by atoms with Gasteiger partial charge in [0.1, 0.15) is 5.75 Å². The highest BCUT2D eigenvalue weighted by Crippen LogP contribution is 2.38. The van der Waals surface area contributed by atoms with Crippen molar-refractivity contribution in [2.45, 2.75) is 62.8 Å². The molecule has 0 aliphatic heterocycles. The Balaban J connectivity index is 0.00000306. The summed E-state index contributed by atoms with van der Waals surface area (Å²) < 4.78 is 16.5. The third kappa shape index (κ3) is 9.25. The van der Waals surface area contributed by atoms with Crippen LogP contribution < -0.4 is 19.6 Å². The van der Waals surface area contributed by atoms with Gasteiger partial charge in [0.05, 0.1) is 21.3 Å². The first kappa shape index (κ1) is 31.7. The van der Waals surface area contributed by atoms with Crippen LogP contribution in [0.5, 0.6) is 17.2 Å². The van der Waals surface area contributed by atoms with Gasteiger partial charge in [0.25, 0.3) is 0 Å². The number of halogens is 2. The lowest BCUT2D eigenvalue weighted by Gasteiger charge is -2.36. The van der Waals surface area contributed by atoms with Crippen LogP contribution in [0.2, 0.25) is 0 Å². The zero-order valence-electron chi connectivity index (χ0n) is 21.5. The van der Waals surface area contributed by atoms with E-state index < -0.39 is 0 Å². The maximum Gasteiger partial charge on any atom is 0.164 e. The van der Waals surface area contributed by atoms with Crippen molar-refractivity contribution in [3.63, 3.8) is 0 Å². The summed E-state index contributed by atoms with van der Waals surface area (Å²) in [6.07, 6.45) is 8.31. The quantitative estimate of drug-likeness (QED) is 0.164. The Morgan fingerprint density at radius 1 is 0.943 bits per heavy atom. The Labute approximate surface area is 228 Å². The van der Waals surface area contributed by atoms with Crippen molar-refractivity contribution in [2.24, 2.45) is 0 Å². The molecule has 3 rings (SSSR count). The van der Waals surface area contributed by atoms with E-state index >= 15 is 0 Å². The number of methoxy groups -OCH3 is 3. The molecule has 35 heavy (non-hydrogen) atoms. The lowest BCUT2D eigenvalue weighted by molar-refractivity contribution is 0.112. The second kappa shape index (κ2) is 17.2. The Morgan fingerprint density at radius 3 is 2.37 bits per heavy atom. The molecule has 0 bridgehead atoms. The van der Waals surface area contributed by atoms with Crippen LogP contribution in [0.15, 0.2) is 41.3 Å². The third-order valence-corrected chi connectivity index (χ3v) is 7.38. The number of fused-ring (bicyclic) bond motifs is 1. The van der Waals surface area contributed by atoms with Crippen LogP contribution in [0.25, 0.3) is 0 Å². The van der Waals surface area contributed by atoms with Crippen LogP contribution in [0, 0.1) is 0 Å². The molecule has 2 aromatic carbocycles. The molecule has 0 amide bonds. The Bertz CT molecular complexity index is 855. The summed E-state index contributed by atoms with van der Waals surface area (Å²) in [7, 11) is 5.16. The zero-order valence-corrected chi connectivity index (χ0v) is 24.0. The Kier molecular flexibility index (Phi) is 15.6. The van der Waals surface area contributed by atoms with Crippen LogP contribution in [-0.4, -0.2) is 51.2 Å². The second-order valence-electron chi connectivity index (χ2n) is 8.52. The van der Waals surface area contributed by atoms with Crippen LogP contribution >= 0.6 is 36.6 Å². The number of thioether (sulfide) groups is 1. The normalized spacial score (nSPS) is 14.5. The lowest BCUT2D eigenvalue weighted by atomic mass is 9.87. The van der Waals surface area contributed by atoms with E-state index in [1.165, 1.54) is 41.7 Å². The molecule has 1 atom stereocenters. The van der Waals surface area contributed by atoms with E-state index in [9.17, 15) is 0 Å². The summed E-state index contributed by atoms with van der Waals surface area (Å²) in [4.78, 5) is 1.28. The zero-order chi connectivity index (χ0) is 23.5. The van der Waals surface area contributed by atoms with Gasteiger partial charge in [-0.15, -0.1) is 36.6 Å². The molecule has 0 fully saturated rings. The summed E-state index contributed by atoms with van der Waals surface area (Å²) in [5.41, 5.74) is 6.47. The van der Waals surface area contributed by atoms with Crippen LogP contribution in [0.3, 0.4) is 0 Å². The fourth-order valence-electron chi connectivity index (χ4n) is 4.56. The molecule has 1 unspecified atom stereocenters. The monoisotopic (exact) mass is 544 g/mol. The van der Waals surface area contributed by atoms with E-state index in [1.54, 1.807) is 21.3 Å². The molecule has 0 heterocycles. The number of hydrogen-bond donors (Lipinski definition) is 1. The summed E-state index contributed by atoms with van der Waals surface area (Å²) >= 11 is 1.88. The average molecular weight is 546 g/mol. The van der Waals surface area contributed by atoms with Gasteiger partial charge in [0.15, 0.2) is 11.5 Å². The van der Waals surface area contributed by atoms with Gasteiger partial charge in [0, 0.05) is 35.3 Å². The number of rotatable bonds is 14. The third-order valence-electron chi connectivity index (χ3n) is 6.37. The van der Waals surface area contributed by atoms with Crippen molar-refractivity contribution >= 4 is 36.6 Å². The molecule has 2 aromatic rings. The SMILES string of the molecule is CCCCCCN(NCCSc1ccc(OC)cc1)C1CCc2c(ccc(OC)c2OC)C1.Cl.Cl. The molecule has 0 spiro atoms. The van der Waals surface area contributed by atoms with Gasteiger partial charge in [-0.2, -0.15) is 0 Å². The van der Waals surface area contributed by atoms with E-state index in [0.717, 1.165) is 55.4 Å². The number of hydrogen-bond acceptors (Lipinski definition) is 6. The molecule has 198 valence electrons. The Morgan fingerprint density at radius 2 is 1.71 bits per heavy atom. The topological polar surface area (TPSA) is 43.0 Å². The fraction of sp³-hybridized carbons (Fsp3) is 0.556. The van der Waals surface area contributed by atoms with E-state index in [4.69, 9.17) is 14.2 Å². The maximum absolute atomic E-state index is 5.69. The van der Waals surface area contributed by atoms with E-state index in [0.29, 0.717) is 6.04 Å². The number of hydrazine groups is 1. The minimum Gasteiger partial charge on any atom is -0.497 e. The summed E-state index contributed by atoms with van der Waals surface area (Å²) in [6.45, 7) is 4.33. The van der Waals surface area contributed by atoms with Gasteiger partial charge >= 0.3 is 0 Å². The number of ether oxygens (including phenoxy) is 3. The molecule has 0 saturated heterocycles. The van der Waals surface area contributed by atoms with Crippen molar-refractivity contribution in [2.75, 3.05) is 40.2 Å². The first-order valence-corrected chi connectivity index (χ1v) is 13.2. The highest BCUT2D eigenvalue weighted by Gasteiger charge is 2.27. The largest absolute Gasteiger partial charge is 0.497 e. The predicted octanol–water partition coefficient (Wildman–Crippen LogP) is 6.59. The van der Waals surface area contributed by atoms with Gasteiger partial charge in [0.2, 0.25) is 0 Å². The van der Waals surface area contributed by atoms with Gasteiger partial charge in [-0.05, 0) is 61.6 Å². The molecule has 0 saturated carbocycles. The van der Waals surface area contributed by atoms with Crippen molar-refractivity contribution in [1.82, 2.24) is 10.4 Å². The summed E-state index contributed by atoms with van der Waals surface area (Å²) in [5.74, 6) is 3.68. The number of unbranched alkanes of at least 4 members (excludes halogenated alkanes) is 3. The van der Waals surface area contributed by atoms with Gasteiger partial charge in [-0.1, -0.05) is 32.3 Å². The second-order valence-corrected chi connectivity index (χ2v) is 9.69. The molecule has 0 aromatic heterocycles. The highest BCUT2D eigenvalue weighted by molar-refractivity contribution is 7.99. The van der Waals surface area contributed by atoms with E-state index in [1.807, 2.05) is 30.0 Å². The highest BCUT2D eigenvalue weighted by atomic mass is 35.5. The smallest absolute Gasteiger partial charge is 0.164 e. The standard InChI is InChI=1S/C27H40N2O3S.2ClH/c1-5-6-7-8-18-29(28-17-19-33-24-13-11-23(30-2)12-14-24)22-10-15-25-21(20-22)9-16-26(31-3)27(25)32-4;;/h9,11-14,16,22,28H,5-8,10,15,17-20H2,1-4H3;2*1H. The number of benzene rings is 2. The van der Waals surface area contributed by atoms with Gasteiger partial charge in [-0.3, -0.25) is 5.43 Å². The molecule has 1 aliphatic rings. The van der Waals surface area contributed by atoms with E-state index in [-0.39, 0.29) is 24.8 Å². The molecule has 1 aliphatic carbocycles. The van der Waals surface area contributed by atoms with E-state index in [2.05, 4.69) is 35.6 Å². The maximum atomic E-state index is 5.69. The lowest BCUT2D eigenvalue weighted by Crippen LogP contribution is -2.49. The molecular weight excluding hydrogens is 503 g/mol. The average Bonchev–Trinajstić information content (AvgIpc) is 2.87. The van der Waals surface area contributed by atoms with Crippen LogP contribution in [0.4, 0.5) is 0 Å². The Hall–Kier alpha value is -1.31. The molecule has 5 nitrogen and oxygen atoms in total. The van der Waals surface area contributed by atoms with Crippen molar-refractivity contribution < 1.29 is 14.2 Å². The molecular formula is C27H42Cl2N2O3S. The van der Waals surface area contributed by atoms with Crippen molar-refractivity contribution in [3.8, 4) is 17.2 Å². The first-order chi connectivity index (χ1) is 16.2. The molecule has 0 radical (unpaired) electrons. The van der Waals surface area contributed by atoms with Gasteiger partial charge in [-0.25, -0.2) is 5.01 Å². The number of nitrogens with one attached hydrogen (secondary N) is 1. The molecule has 1 N–H and O–H groups in total. The van der Waals surface area contributed by atoms with Gasteiger partial charge < -0.3 is 14.2 Å². The molecule has 8 heteroatoms. The first-order valence-electron chi connectivity index (χ1n) is 12.2. The number of nitrogens with zero attached hydrogens (tertiary/aromatic N) is 1. The minimum absolute atomic E-state index is 0. The fourth-order valence-corrected chi connectivity index (χ4v) is 5.32. The predicted molar refractivity (Wildman–Crippen MR) is 152 cm³/mol. The minimum atomic E-state index is 0. The summed E-state index contributed by atoms with van der Waals surface area (Å²) in [5, 5.41) is 2.52. The van der Waals surface area contributed by atoms with Crippen molar-refractivity contribution in [3.05, 3.63) is 47.5 Å².